The van der Waals surface area contributed by atoms with Gasteiger partial charge in [0, 0.05) is 12.7 Å². The summed E-state index contributed by atoms with van der Waals surface area (Å²) < 4.78 is 38.8. The van der Waals surface area contributed by atoms with Crippen LogP contribution in [0.3, 0.4) is 0 Å². The van der Waals surface area contributed by atoms with E-state index >= 15 is 0 Å². The number of anilines is 5. The van der Waals surface area contributed by atoms with Gasteiger partial charge in [0.15, 0.2) is 11.6 Å². The van der Waals surface area contributed by atoms with Crippen LogP contribution in [0, 0.1) is 0 Å². The van der Waals surface area contributed by atoms with Gasteiger partial charge in [-0.05, 0) is 30.3 Å². The minimum atomic E-state index is -4.49. The molecule has 0 spiro atoms. The molecule has 0 atom stereocenters. The molecule has 0 saturated heterocycles. The van der Waals surface area contributed by atoms with Crippen LogP contribution in [0.1, 0.15) is 5.56 Å². The van der Waals surface area contributed by atoms with Crippen molar-refractivity contribution in [3.63, 3.8) is 0 Å². The number of alkyl halides is 3. The Kier molecular flexibility index (Phi) is 5.09. The Bertz CT molecular complexity index is 947. The molecule has 0 aliphatic carbocycles. The van der Waals surface area contributed by atoms with Crippen molar-refractivity contribution >= 4 is 40.3 Å². The molecule has 2 aromatic carbocycles. The number of benzene rings is 2. The number of halogens is 4. The van der Waals surface area contributed by atoms with Gasteiger partial charge in [-0.3, -0.25) is 0 Å². The third-order valence-electron chi connectivity index (χ3n) is 3.87. The molecule has 3 N–H and O–H groups in total. The zero-order valence-electron chi connectivity index (χ0n) is 14.1. The molecule has 0 saturated carbocycles. The van der Waals surface area contributed by atoms with E-state index in [4.69, 9.17) is 17.3 Å². The fourth-order valence-electron chi connectivity index (χ4n) is 2.45. The third kappa shape index (κ3) is 4.06. The molecule has 1 aromatic heterocycles. The summed E-state index contributed by atoms with van der Waals surface area (Å²) in [5.74, 6) is 0.561. The quantitative estimate of drug-likeness (QED) is 0.634. The maximum atomic E-state index is 12.9. The second-order valence-electron chi connectivity index (χ2n) is 5.67. The number of nitrogens with one attached hydrogen (secondary N) is 1. The van der Waals surface area contributed by atoms with Crippen LogP contribution in [0.25, 0.3) is 0 Å². The van der Waals surface area contributed by atoms with Gasteiger partial charge in [-0.1, -0.05) is 29.8 Å². The number of nitrogen functional groups attached to an aromatic ring is 1. The summed E-state index contributed by atoms with van der Waals surface area (Å²) >= 11 is 6.02. The summed E-state index contributed by atoms with van der Waals surface area (Å²) in [6, 6.07) is 12.3. The van der Waals surface area contributed by atoms with Gasteiger partial charge in [-0.2, -0.15) is 13.2 Å². The van der Waals surface area contributed by atoms with Crippen molar-refractivity contribution in [3.8, 4) is 0 Å². The fourth-order valence-corrected chi connectivity index (χ4v) is 2.62. The van der Waals surface area contributed by atoms with Crippen LogP contribution in [0.15, 0.2) is 54.9 Å². The summed E-state index contributed by atoms with van der Waals surface area (Å²) in [5, 5.41) is 2.88. The molecule has 3 aromatic rings. The summed E-state index contributed by atoms with van der Waals surface area (Å²) in [7, 11) is 1.77. The second kappa shape index (κ2) is 7.32. The molecule has 0 fully saturated rings. The molecule has 0 amide bonds. The SMILES string of the molecule is CN(c1ccccc1)c1ncnc(Nc2cc(C(F)(F)F)ccc2Cl)c1N. The van der Waals surface area contributed by atoms with Crippen LogP contribution in [-0.4, -0.2) is 17.0 Å². The van der Waals surface area contributed by atoms with Gasteiger partial charge in [0.2, 0.25) is 0 Å². The molecule has 0 unspecified atom stereocenters. The van der Waals surface area contributed by atoms with Crippen molar-refractivity contribution in [2.24, 2.45) is 0 Å². The molecule has 5 nitrogen and oxygen atoms in total. The van der Waals surface area contributed by atoms with Gasteiger partial charge in [-0.15, -0.1) is 0 Å². The van der Waals surface area contributed by atoms with Gasteiger partial charge in [0.25, 0.3) is 0 Å². The van der Waals surface area contributed by atoms with Gasteiger partial charge in [0.05, 0.1) is 16.3 Å². The minimum absolute atomic E-state index is 0.0465. The van der Waals surface area contributed by atoms with Crippen LogP contribution in [0.2, 0.25) is 5.02 Å². The molecule has 0 aliphatic heterocycles. The predicted octanol–water partition coefficient (Wildman–Crippen LogP) is 5.24. The molecular formula is C18H15ClF3N5. The van der Waals surface area contributed by atoms with Crippen molar-refractivity contribution in [3.05, 3.63) is 65.4 Å². The lowest BCUT2D eigenvalue weighted by Gasteiger charge is -2.21. The van der Waals surface area contributed by atoms with E-state index < -0.39 is 11.7 Å². The van der Waals surface area contributed by atoms with Crippen LogP contribution in [0.4, 0.5) is 41.9 Å². The fraction of sp³-hybridized carbons (Fsp3) is 0.111. The molecule has 27 heavy (non-hydrogen) atoms. The van der Waals surface area contributed by atoms with Crippen molar-refractivity contribution < 1.29 is 13.2 Å². The van der Waals surface area contributed by atoms with E-state index in [2.05, 4.69) is 15.3 Å². The van der Waals surface area contributed by atoms with Crippen LogP contribution >= 0.6 is 11.6 Å². The third-order valence-corrected chi connectivity index (χ3v) is 4.20. The molecule has 9 heteroatoms. The predicted molar refractivity (Wildman–Crippen MR) is 101 cm³/mol. The van der Waals surface area contributed by atoms with E-state index in [0.717, 1.165) is 17.8 Å². The van der Waals surface area contributed by atoms with Crippen LogP contribution in [-0.2, 0) is 6.18 Å². The highest BCUT2D eigenvalue weighted by Crippen LogP contribution is 2.37. The Hall–Kier alpha value is -3.00. The van der Waals surface area contributed by atoms with Gasteiger partial charge in [0.1, 0.15) is 12.0 Å². The Balaban J connectivity index is 1.96. The normalized spacial score (nSPS) is 11.3. The Labute approximate surface area is 158 Å². The molecule has 1 heterocycles. The van der Waals surface area contributed by atoms with Crippen molar-refractivity contribution in [2.45, 2.75) is 6.18 Å². The first-order valence-corrected chi connectivity index (χ1v) is 8.18. The van der Waals surface area contributed by atoms with Crippen molar-refractivity contribution in [1.82, 2.24) is 9.97 Å². The lowest BCUT2D eigenvalue weighted by Crippen LogP contribution is -2.15. The van der Waals surface area contributed by atoms with Crippen LogP contribution in [0.5, 0.6) is 0 Å². The highest BCUT2D eigenvalue weighted by atomic mass is 35.5. The lowest BCUT2D eigenvalue weighted by atomic mass is 10.2. The van der Waals surface area contributed by atoms with E-state index in [1.165, 1.54) is 12.4 Å². The average Bonchev–Trinajstić information content (AvgIpc) is 2.64. The number of hydrogen-bond acceptors (Lipinski definition) is 5. The summed E-state index contributed by atoms with van der Waals surface area (Å²) in [6.45, 7) is 0. The average molecular weight is 394 g/mol. The van der Waals surface area contributed by atoms with E-state index in [1.807, 2.05) is 30.3 Å². The van der Waals surface area contributed by atoms with Crippen molar-refractivity contribution in [1.29, 1.82) is 0 Å². The molecule has 3 rings (SSSR count). The second-order valence-corrected chi connectivity index (χ2v) is 6.08. The number of hydrogen-bond donors (Lipinski definition) is 2. The monoisotopic (exact) mass is 393 g/mol. The molecule has 0 bridgehead atoms. The van der Waals surface area contributed by atoms with E-state index in [9.17, 15) is 13.2 Å². The Morgan fingerprint density at radius 1 is 1.07 bits per heavy atom. The maximum absolute atomic E-state index is 12.9. The topological polar surface area (TPSA) is 67.1 Å². The smallest absolute Gasteiger partial charge is 0.393 e. The standard InChI is InChI=1S/C18H15ClF3N5/c1-27(12-5-3-2-4-6-12)17-15(23)16(24-10-25-17)26-14-9-11(18(20,21)22)7-8-13(14)19/h2-10H,23H2,1H3,(H,24,25,26). The molecule has 0 aliphatic rings. The van der Waals surface area contributed by atoms with E-state index in [0.29, 0.717) is 5.82 Å². The van der Waals surface area contributed by atoms with E-state index in [1.54, 1.807) is 11.9 Å². The van der Waals surface area contributed by atoms with Gasteiger partial charge in [-0.25, -0.2) is 9.97 Å². The Morgan fingerprint density at radius 2 is 1.78 bits per heavy atom. The first-order chi connectivity index (χ1) is 12.8. The van der Waals surface area contributed by atoms with Crippen molar-refractivity contribution in [2.75, 3.05) is 23.0 Å². The largest absolute Gasteiger partial charge is 0.416 e. The summed E-state index contributed by atoms with van der Waals surface area (Å²) in [5.41, 5.74) is 6.38. The first kappa shape index (κ1) is 18.8. The highest BCUT2D eigenvalue weighted by Gasteiger charge is 2.31. The lowest BCUT2D eigenvalue weighted by molar-refractivity contribution is -0.137. The number of para-hydroxylation sites is 1. The van der Waals surface area contributed by atoms with Crippen LogP contribution < -0.4 is 16.0 Å². The molecule has 0 radical (unpaired) electrons. The summed E-state index contributed by atoms with van der Waals surface area (Å²) in [6.07, 6.45) is -3.22. The molecule has 140 valence electrons. The summed E-state index contributed by atoms with van der Waals surface area (Å²) in [4.78, 5) is 9.95. The number of aromatic nitrogens is 2. The van der Waals surface area contributed by atoms with Gasteiger partial charge >= 0.3 is 6.18 Å². The minimum Gasteiger partial charge on any atom is -0.393 e. The number of nitrogens with zero attached hydrogens (tertiary/aromatic N) is 3. The maximum Gasteiger partial charge on any atom is 0.416 e. The highest BCUT2D eigenvalue weighted by molar-refractivity contribution is 6.33. The van der Waals surface area contributed by atoms with Gasteiger partial charge < -0.3 is 16.0 Å². The Morgan fingerprint density at radius 3 is 2.44 bits per heavy atom. The van der Waals surface area contributed by atoms with E-state index in [-0.39, 0.29) is 22.2 Å². The first-order valence-electron chi connectivity index (χ1n) is 7.80. The number of nitrogens with two attached hydrogens (primary N) is 1. The molecular weight excluding hydrogens is 379 g/mol. The zero-order valence-corrected chi connectivity index (χ0v) is 14.9. The zero-order chi connectivity index (χ0) is 19.6. The number of rotatable bonds is 4.